The van der Waals surface area contributed by atoms with E-state index in [4.69, 9.17) is 0 Å². The van der Waals surface area contributed by atoms with Crippen LogP contribution < -0.4 is 10.6 Å². The van der Waals surface area contributed by atoms with Crippen LogP contribution in [-0.4, -0.2) is 27.4 Å². The Kier molecular flexibility index (Phi) is 5.82. The molecule has 2 heterocycles. The third-order valence-corrected chi connectivity index (χ3v) is 3.11. The van der Waals surface area contributed by atoms with Crippen LogP contribution in [0.3, 0.4) is 0 Å². The van der Waals surface area contributed by atoms with Crippen molar-refractivity contribution in [3.05, 3.63) is 47.7 Å². The molecule has 2 aromatic heterocycles. The van der Waals surface area contributed by atoms with Crippen LogP contribution in [0.25, 0.3) is 0 Å². The molecule has 6 heteroatoms. The Morgan fingerprint density at radius 2 is 2.00 bits per heavy atom. The quantitative estimate of drug-likeness (QED) is 0.767. The van der Waals surface area contributed by atoms with E-state index in [0.29, 0.717) is 30.4 Å². The van der Waals surface area contributed by atoms with Crippen LogP contribution in [0.2, 0.25) is 0 Å². The Morgan fingerprint density at radius 3 is 2.73 bits per heavy atom. The van der Waals surface area contributed by atoms with Gasteiger partial charge >= 0.3 is 0 Å². The first-order valence-electron chi connectivity index (χ1n) is 7.45. The molecule has 6 nitrogen and oxygen atoms in total. The van der Waals surface area contributed by atoms with Gasteiger partial charge in [-0.1, -0.05) is 13.3 Å². The van der Waals surface area contributed by atoms with Gasteiger partial charge in [0.2, 0.25) is 0 Å². The van der Waals surface area contributed by atoms with E-state index in [1.54, 1.807) is 25.4 Å². The van der Waals surface area contributed by atoms with Crippen LogP contribution in [0, 0.1) is 6.92 Å². The molecular formula is C16H21N5O. The maximum absolute atomic E-state index is 12.1. The highest BCUT2D eigenvalue weighted by Gasteiger charge is 2.09. The van der Waals surface area contributed by atoms with Gasteiger partial charge in [0.15, 0.2) is 0 Å². The first-order valence-corrected chi connectivity index (χ1v) is 7.45. The second-order valence-electron chi connectivity index (χ2n) is 5.00. The molecule has 0 atom stereocenters. The second kappa shape index (κ2) is 8.07. The molecular weight excluding hydrogens is 278 g/mol. The molecule has 0 bridgehead atoms. The summed E-state index contributed by atoms with van der Waals surface area (Å²) >= 11 is 0. The van der Waals surface area contributed by atoms with Gasteiger partial charge < -0.3 is 10.6 Å². The Hall–Kier alpha value is -2.50. The fraction of sp³-hybridized carbons (Fsp3) is 0.375. The van der Waals surface area contributed by atoms with Gasteiger partial charge in [0.05, 0.1) is 0 Å². The van der Waals surface area contributed by atoms with E-state index >= 15 is 0 Å². The lowest BCUT2D eigenvalue weighted by molar-refractivity contribution is 0.0948. The zero-order valence-electron chi connectivity index (χ0n) is 13.0. The lowest BCUT2D eigenvalue weighted by Crippen LogP contribution is -2.25. The molecule has 0 saturated carbocycles. The average Bonchev–Trinajstić information content (AvgIpc) is 2.53. The summed E-state index contributed by atoms with van der Waals surface area (Å²) in [4.78, 5) is 24.5. The van der Waals surface area contributed by atoms with Crippen molar-refractivity contribution in [1.29, 1.82) is 0 Å². The summed E-state index contributed by atoms with van der Waals surface area (Å²) in [5.74, 6) is 1.05. The van der Waals surface area contributed by atoms with Gasteiger partial charge in [0.25, 0.3) is 5.91 Å². The van der Waals surface area contributed by atoms with E-state index in [9.17, 15) is 4.79 Å². The van der Waals surface area contributed by atoms with Crippen molar-refractivity contribution in [2.75, 3.05) is 11.9 Å². The number of nitrogens with zero attached hydrogens (tertiary/aromatic N) is 3. The highest BCUT2D eigenvalue weighted by molar-refractivity contribution is 5.92. The number of carbonyl (C=O) groups excluding carboxylic acids is 1. The van der Waals surface area contributed by atoms with Crippen LogP contribution in [0.1, 0.15) is 41.6 Å². The molecule has 0 unspecified atom stereocenters. The number of rotatable bonds is 7. The molecule has 2 aromatic rings. The van der Waals surface area contributed by atoms with Gasteiger partial charge in [-0.05, 0) is 31.0 Å². The molecule has 0 aliphatic carbocycles. The number of aryl methyl sites for hydroxylation is 1. The largest absolute Gasteiger partial charge is 0.366 e. The molecule has 2 N–H and O–H groups in total. The Bertz CT molecular complexity index is 615. The summed E-state index contributed by atoms with van der Waals surface area (Å²) in [5.41, 5.74) is 1.49. The minimum Gasteiger partial charge on any atom is -0.366 e. The van der Waals surface area contributed by atoms with Crippen LogP contribution in [0.5, 0.6) is 0 Å². The molecule has 0 aliphatic rings. The zero-order chi connectivity index (χ0) is 15.8. The topological polar surface area (TPSA) is 79.8 Å². The van der Waals surface area contributed by atoms with Crippen molar-refractivity contribution in [2.24, 2.45) is 0 Å². The van der Waals surface area contributed by atoms with E-state index in [-0.39, 0.29) is 5.91 Å². The summed E-state index contributed by atoms with van der Waals surface area (Å²) in [5, 5.41) is 6.07. The Morgan fingerprint density at radius 1 is 1.23 bits per heavy atom. The number of hydrogen-bond acceptors (Lipinski definition) is 5. The monoisotopic (exact) mass is 299 g/mol. The maximum atomic E-state index is 12.1. The number of amides is 1. The average molecular weight is 299 g/mol. The zero-order valence-corrected chi connectivity index (χ0v) is 13.0. The SMILES string of the molecule is CCCCNC(=O)c1cc(NCc2ccncc2)nc(C)n1. The predicted molar refractivity (Wildman–Crippen MR) is 85.6 cm³/mol. The number of anilines is 1. The van der Waals surface area contributed by atoms with Gasteiger partial charge in [-0.2, -0.15) is 0 Å². The predicted octanol–water partition coefficient (Wildman–Crippen LogP) is 2.32. The van der Waals surface area contributed by atoms with E-state index < -0.39 is 0 Å². The fourth-order valence-electron chi connectivity index (χ4n) is 1.94. The first-order chi connectivity index (χ1) is 10.7. The van der Waals surface area contributed by atoms with Crippen molar-refractivity contribution in [3.8, 4) is 0 Å². The standard InChI is InChI=1S/C16H21N5O/c1-3-4-7-18-16(22)14-10-15(21-12(2)20-14)19-11-13-5-8-17-9-6-13/h5-6,8-10H,3-4,7,11H2,1-2H3,(H,18,22)(H,19,20,21). The van der Waals surface area contributed by atoms with Gasteiger partial charge in [-0.15, -0.1) is 0 Å². The number of nitrogens with one attached hydrogen (secondary N) is 2. The summed E-state index contributed by atoms with van der Waals surface area (Å²) in [7, 11) is 0. The van der Waals surface area contributed by atoms with Crippen LogP contribution in [0.15, 0.2) is 30.6 Å². The summed E-state index contributed by atoms with van der Waals surface area (Å²) in [6.07, 6.45) is 5.49. The Labute approximate surface area is 130 Å². The summed E-state index contributed by atoms with van der Waals surface area (Å²) in [6.45, 7) is 5.15. The smallest absolute Gasteiger partial charge is 0.270 e. The van der Waals surface area contributed by atoms with Crippen molar-refractivity contribution >= 4 is 11.7 Å². The normalized spacial score (nSPS) is 10.3. The van der Waals surface area contributed by atoms with Gasteiger partial charge in [-0.3, -0.25) is 9.78 Å². The number of pyridine rings is 1. The number of aromatic nitrogens is 3. The molecule has 2 rings (SSSR count). The highest BCUT2D eigenvalue weighted by atomic mass is 16.1. The van der Waals surface area contributed by atoms with Gasteiger partial charge in [0.1, 0.15) is 17.3 Å². The third-order valence-electron chi connectivity index (χ3n) is 3.11. The van der Waals surface area contributed by atoms with Gasteiger partial charge in [0, 0.05) is 31.5 Å². The number of hydrogen-bond donors (Lipinski definition) is 2. The first kappa shape index (κ1) is 15.9. The molecule has 1 amide bonds. The van der Waals surface area contributed by atoms with Crippen LogP contribution in [-0.2, 0) is 6.54 Å². The van der Waals surface area contributed by atoms with Crippen LogP contribution in [0.4, 0.5) is 5.82 Å². The minimum absolute atomic E-state index is 0.161. The molecule has 0 spiro atoms. The van der Waals surface area contributed by atoms with Gasteiger partial charge in [-0.25, -0.2) is 9.97 Å². The van der Waals surface area contributed by atoms with Crippen molar-refractivity contribution in [1.82, 2.24) is 20.3 Å². The van der Waals surface area contributed by atoms with E-state index in [2.05, 4.69) is 32.5 Å². The van der Waals surface area contributed by atoms with Crippen molar-refractivity contribution in [3.63, 3.8) is 0 Å². The van der Waals surface area contributed by atoms with Crippen molar-refractivity contribution < 1.29 is 4.79 Å². The maximum Gasteiger partial charge on any atom is 0.270 e. The molecule has 22 heavy (non-hydrogen) atoms. The summed E-state index contributed by atoms with van der Waals surface area (Å²) < 4.78 is 0. The number of carbonyl (C=O) groups is 1. The van der Waals surface area contributed by atoms with Crippen LogP contribution >= 0.6 is 0 Å². The third kappa shape index (κ3) is 4.80. The van der Waals surface area contributed by atoms with E-state index in [1.165, 1.54) is 0 Å². The molecule has 0 radical (unpaired) electrons. The molecule has 0 aliphatic heterocycles. The lowest BCUT2D eigenvalue weighted by Gasteiger charge is -2.09. The number of unbranched alkanes of at least 4 members (excludes halogenated alkanes) is 1. The lowest BCUT2D eigenvalue weighted by atomic mass is 10.2. The van der Waals surface area contributed by atoms with E-state index in [0.717, 1.165) is 18.4 Å². The Balaban J connectivity index is 2.01. The van der Waals surface area contributed by atoms with Crippen molar-refractivity contribution in [2.45, 2.75) is 33.2 Å². The fourth-order valence-corrected chi connectivity index (χ4v) is 1.94. The summed E-state index contributed by atoms with van der Waals surface area (Å²) in [6, 6.07) is 5.54. The van der Waals surface area contributed by atoms with E-state index in [1.807, 2.05) is 12.1 Å². The second-order valence-corrected chi connectivity index (χ2v) is 5.00. The molecule has 0 fully saturated rings. The molecule has 0 aromatic carbocycles. The minimum atomic E-state index is -0.161. The molecule has 116 valence electrons. The highest BCUT2D eigenvalue weighted by Crippen LogP contribution is 2.09. The molecule has 0 saturated heterocycles.